The SMILES string of the molecule is C=C[C@@H](C#CC#CC[C@@H](OC(=O)[C@](OC)(c1ccccc1)C(F)(F)F)[C@@H](CCCCCCC)OC)OC(=O)[C@](OC)(c1ccccc1)C(F)(F)F. The molecular formula is C38H42F6O7. The molecule has 13 heteroatoms. The van der Waals surface area contributed by atoms with Gasteiger partial charge < -0.3 is 23.7 Å². The largest absolute Gasteiger partial charge is 0.456 e. The van der Waals surface area contributed by atoms with Gasteiger partial charge in [-0.2, -0.15) is 26.3 Å². The highest BCUT2D eigenvalue weighted by atomic mass is 19.4. The van der Waals surface area contributed by atoms with Crippen LogP contribution in [-0.2, 0) is 44.5 Å². The molecule has 0 fully saturated rings. The lowest BCUT2D eigenvalue weighted by Crippen LogP contribution is -2.53. The Bertz CT molecular complexity index is 1520. The van der Waals surface area contributed by atoms with Crippen LogP contribution in [-0.4, -0.2) is 63.9 Å². The van der Waals surface area contributed by atoms with Crippen LogP contribution in [0.25, 0.3) is 0 Å². The van der Waals surface area contributed by atoms with E-state index in [0.717, 1.165) is 70.2 Å². The summed E-state index contributed by atoms with van der Waals surface area (Å²) in [7, 11) is 2.80. The Morgan fingerprint density at radius 1 is 0.725 bits per heavy atom. The first-order valence-corrected chi connectivity index (χ1v) is 16.1. The van der Waals surface area contributed by atoms with E-state index < -0.39 is 64.9 Å². The van der Waals surface area contributed by atoms with Crippen LogP contribution in [0, 0.1) is 23.7 Å². The molecule has 0 bridgehead atoms. The maximum absolute atomic E-state index is 14.6. The molecule has 0 spiro atoms. The van der Waals surface area contributed by atoms with Crippen LogP contribution in [0.1, 0.15) is 63.0 Å². The normalized spacial score (nSPS) is 15.6. The number of halogens is 6. The zero-order chi connectivity index (χ0) is 38.1. The molecule has 2 aromatic carbocycles. The maximum Gasteiger partial charge on any atom is 0.432 e. The topological polar surface area (TPSA) is 80.3 Å². The van der Waals surface area contributed by atoms with E-state index in [1.54, 1.807) is 0 Å². The van der Waals surface area contributed by atoms with Crippen molar-refractivity contribution in [1.82, 2.24) is 0 Å². The van der Waals surface area contributed by atoms with E-state index in [2.05, 4.69) is 30.3 Å². The first kappa shape index (κ1) is 42.9. The molecule has 0 unspecified atom stereocenters. The molecule has 0 radical (unpaired) electrons. The van der Waals surface area contributed by atoms with E-state index in [1.807, 2.05) is 6.92 Å². The van der Waals surface area contributed by atoms with Crippen molar-refractivity contribution >= 4 is 11.9 Å². The Kier molecular flexibility index (Phi) is 16.7. The van der Waals surface area contributed by atoms with Crippen LogP contribution in [0.4, 0.5) is 26.3 Å². The Hall–Kier alpha value is -4.30. The van der Waals surface area contributed by atoms with Gasteiger partial charge in [-0.25, -0.2) is 9.59 Å². The number of rotatable bonds is 18. The van der Waals surface area contributed by atoms with Crippen molar-refractivity contribution in [1.29, 1.82) is 0 Å². The van der Waals surface area contributed by atoms with Gasteiger partial charge in [0.2, 0.25) is 0 Å². The van der Waals surface area contributed by atoms with E-state index in [1.165, 1.54) is 43.5 Å². The summed E-state index contributed by atoms with van der Waals surface area (Å²) >= 11 is 0. The zero-order valence-corrected chi connectivity index (χ0v) is 28.9. The molecule has 2 rings (SSSR count). The van der Waals surface area contributed by atoms with E-state index in [-0.39, 0.29) is 6.42 Å². The zero-order valence-electron chi connectivity index (χ0n) is 28.9. The second kappa shape index (κ2) is 19.9. The molecule has 0 saturated carbocycles. The van der Waals surface area contributed by atoms with Gasteiger partial charge in [0.15, 0.2) is 6.10 Å². The Balaban J connectivity index is 2.38. The molecule has 51 heavy (non-hydrogen) atoms. The van der Waals surface area contributed by atoms with Gasteiger partial charge in [-0.15, -0.1) is 0 Å². The molecule has 0 aliphatic rings. The van der Waals surface area contributed by atoms with E-state index >= 15 is 0 Å². The van der Waals surface area contributed by atoms with Gasteiger partial charge in [-0.1, -0.05) is 112 Å². The summed E-state index contributed by atoms with van der Waals surface area (Å²) in [6.45, 7) is 5.49. The van der Waals surface area contributed by atoms with Gasteiger partial charge in [-0.05, 0) is 30.3 Å². The summed E-state index contributed by atoms with van der Waals surface area (Å²) in [6, 6.07) is 12.5. The van der Waals surface area contributed by atoms with Crippen LogP contribution in [0.5, 0.6) is 0 Å². The summed E-state index contributed by atoms with van der Waals surface area (Å²) in [6.07, 6.45) is -8.83. The summed E-state index contributed by atoms with van der Waals surface area (Å²) < 4.78 is 112. The van der Waals surface area contributed by atoms with Crippen molar-refractivity contribution in [2.24, 2.45) is 0 Å². The molecular weight excluding hydrogens is 682 g/mol. The Morgan fingerprint density at radius 2 is 1.22 bits per heavy atom. The number of hydrogen-bond donors (Lipinski definition) is 0. The molecule has 278 valence electrons. The van der Waals surface area contributed by atoms with Crippen LogP contribution in [0.3, 0.4) is 0 Å². The molecule has 7 nitrogen and oxygen atoms in total. The standard InChI is InChI=1S/C38H42F6O7/c1-6-8-9-10-19-26-31(47-3)32(51-34(46)36(49-5,38(42,43)44)29-23-16-12-17-24-29)27-20-13-18-25-30(7-2)50-33(45)35(48-4,37(39,40)41)28-21-14-11-15-22-28/h7,11-12,14-17,21-24,30-32H,2,6,8-10,19,26-27H2,1,3-5H3/t30-,31+,32+,35+,36+/m0/s1. The molecule has 0 aliphatic carbocycles. The number of carbonyl (C=O) groups excluding carboxylic acids is 2. The van der Waals surface area contributed by atoms with Crippen LogP contribution < -0.4 is 0 Å². The fourth-order valence-electron chi connectivity index (χ4n) is 5.29. The van der Waals surface area contributed by atoms with Crippen molar-refractivity contribution in [3.8, 4) is 23.7 Å². The average molecular weight is 725 g/mol. The Labute approximate surface area is 294 Å². The summed E-state index contributed by atoms with van der Waals surface area (Å²) in [5.41, 5.74) is -7.92. The van der Waals surface area contributed by atoms with E-state index in [0.29, 0.717) is 12.8 Å². The number of esters is 2. The minimum absolute atomic E-state index is 0.333. The molecule has 0 heterocycles. The number of benzene rings is 2. The number of hydrogen-bond acceptors (Lipinski definition) is 7. The van der Waals surface area contributed by atoms with E-state index in [4.69, 9.17) is 23.7 Å². The van der Waals surface area contributed by atoms with Crippen molar-refractivity contribution in [2.45, 2.75) is 93.7 Å². The van der Waals surface area contributed by atoms with Gasteiger partial charge in [0.05, 0.1) is 6.10 Å². The third-order valence-corrected chi connectivity index (χ3v) is 8.03. The first-order valence-electron chi connectivity index (χ1n) is 16.1. The molecule has 2 aromatic rings. The fourth-order valence-corrected chi connectivity index (χ4v) is 5.29. The molecule has 0 amide bonds. The monoisotopic (exact) mass is 724 g/mol. The second-order valence-electron chi connectivity index (χ2n) is 11.3. The van der Waals surface area contributed by atoms with E-state index in [9.17, 15) is 35.9 Å². The minimum Gasteiger partial charge on any atom is -0.456 e. The van der Waals surface area contributed by atoms with Crippen molar-refractivity contribution in [3.05, 3.63) is 84.4 Å². The molecule has 0 aromatic heterocycles. The highest BCUT2D eigenvalue weighted by molar-refractivity contribution is 5.83. The molecule has 0 N–H and O–H groups in total. The molecule has 5 atom stereocenters. The second-order valence-corrected chi connectivity index (χ2v) is 11.3. The number of ether oxygens (including phenoxy) is 5. The maximum atomic E-state index is 14.6. The predicted octanol–water partition coefficient (Wildman–Crippen LogP) is 7.98. The number of alkyl halides is 6. The van der Waals surface area contributed by atoms with Crippen molar-refractivity contribution in [3.63, 3.8) is 0 Å². The quantitative estimate of drug-likeness (QED) is 0.0508. The number of unbranched alkanes of at least 4 members (excludes halogenated alkanes) is 4. The lowest BCUT2D eigenvalue weighted by Gasteiger charge is -2.34. The van der Waals surface area contributed by atoms with Crippen LogP contribution >= 0.6 is 0 Å². The van der Waals surface area contributed by atoms with Gasteiger partial charge in [-0.3, -0.25) is 0 Å². The molecule has 0 saturated heterocycles. The first-order chi connectivity index (χ1) is 24.2. The summed E-state index contributed by atoms with van der Waals surface area (Å²) in [5, 5.41) is 0. The van der Waals surface area contributed by atoms with Crippen molar-refractivity contribution < 1.29 is 59.6 Å². The summed E-state index contributed by atoms with van der Waals surface area (Å²) in [4.78, 5) is 26.4. The average Bonchev–Trinajstić information content (AvgIpc) is 3.09. The smallest absolute Gasteiger partial charge is 0.432 e. The lowest BCUT2D eigenvalue weighted by atomic mass is 9.92. The number of carbonyl (C=O) groups is 2. The van der Waals surface area contributed by atoms with Crippen molar-refractivity contribution in [2.75, 3.05) is 21.3 Å². The fraction of sp³-hybridized carbons (Fsp3) is 0.474. The van der Waals surface area contributed by atoms with Gasteiger partial charge in [0.25, 0.3) is 11.2 Å². The highest BCUT2D eigenvalue weighted by Crippen LogP contribution is 2.44. The predicted molar refractivity (Wildman–Crippen MR) is 177 cm³/mol. The van der Waals surface area contributed by atoms with Gasteiger partial charge >= 0.3 is 24.3 Å². The third-order valence-electron chi connectivity index (χ3n) is 8.03. The number of methoxy groups -OCH3 is 3. The van der Waals surface area contributed by atoms with Gasteiger partial charge in [0.1, 0.15) is 6.10 Å². The highest BCUT2D eigenvalue weighted by Gasteiger charge is 2.65. The minimum atomic E-state index is -5.22. The third kappa shape index (κ3) is 10.6. The summed E-state index contributed by atoms with van der Waals surface area (Å²) in [5.74, 6) is 6.22. The van der Waals surface area contributed by atoms with Crippen LogP contribution in [0.15, 0.2) is 73.3 Å². The Morgan fingerprint density at radius 3 is 1.65 bits per heavy atom. The molecule has 0 aliphatic heterocycles. The van der Waals surface area contributed by atoms with Gasteiger partial charge in [0, 0.05) is 38.9 Å². The lowest BCUT2D eigenvalue weighted by molar-refractivity contribution is -0.279. The van der Waals surface area contributed by atoms with Crippen LogP contribution in [0.2, 0.25) is 0 Å².